The molecule has 1 heterocycles. The third kappa shape index (κ3) is 0.792. The molecule has 86 valence electrons. The minimum Gasteiger partial charge on any atom is -0.392 e. The van der Waals surface area contributed by atoms with Crippen molar-refractivity contribution in [3.05, 3.63) is 12.2 Å². The predicted octanol–water partition coefficient (Wildman–Crippen LogP) is 1.44. The molecule has 3 aliphatic rings. The van der Waals surface area contributed by atoms with E-state index in [1.54, 1.807) is 6.08 Å². The van der Waals surface area contributed by atoms with Crippen LogP contribution < -0.4 is 0 Å². The highest BCUT2D eigenvalue weighted by Crippen LogP contribution is 2.66. The minimum absolute atomic E-state index is 0.213. The normalized spacial score (nSPS) is 45.1. The number of allylic oxidation sites excluding steroid dienone is 2. The predicted molar refractivity (Wildman–Crippen MR) is 43.8 cm³/mol. The maximum atomic E-state index is 13.1. The van der Waals surface area contributed by atoms with Crippen LogP contribution in [0.25, 0.3) is 0 Å². The van der Waals surface area contributed by atoms with E-state index in [1.165, 1.54) is 6.08 Å². The summed E-state index contributed by atoms with van der Waals surface area (Å²) >= 11 is 0. The molecule has 0 aromatic rings. The summed E-state index contributed by atoms with van der Waals surface area (Å²) in [6.07, 6.45) is -1.55. The third-order valence-corrected chi connectivity index (χ3v) is 3.87. The number of hydrogen-bond donors (Lipinski definition) is 0. The summed E-state index contributed by atoms with van der Waals surface area (Å²) in [5.41, 5.74) is -2.61. The first-order chi connectivity index (χ1) is 7.39. The van der Waals surface area contributed by atoms with Gasteiger partial charge < -0.3 is 4.74 Å². The molecule has 6 heteroatoms. The lowest BCUT2D eigenvalue weighted by molar-refractivity contribution is -0.236. The molecular weight excluding hydrogens is 225 g/mol. The van der Waals surface area contributed by atoms with Crippen molar-refractivity contribution in [2.45, 2.75) is 12.6 Å². The zero-order valence-corrected chi connectivity index (χ0v) is 7.95. The van der Waals surface area contributed by atoms with Crippen molar-refractivity contribution in [1.29, 1.82) is 0 Å². The Hall–Kier alpha value is -1.33. The maximum absolute atomic E-state index is 13.1. The maximum Gasteiger partial charge on any atom is 0.406 e. The zero-order valence-electron chi connectivity index (χ0n) is 7.95. The molecule has 2 bridgehead atoms. The largest absolute Gasteiger partial charge is 0.406 e. The van der Waals surface area contributed by atoms with Gasteiger partial charge in [0.2, 0.25) is 0 Å². The Kier molecular flexibility index (Phi) is 1.54. The van der Waals surface area contributed by atoms with Crippen LogP contribution in [0.3, 0.4) is 0 Å². The molecule has 1 saturated heterocycles. The van der Waals surface area contributed by atoms with Crippen LogP contribution in [-0.2, 0) is 14.3 Å². The number of halogens is 3. The number of carbonyl (C=O) groups excluding carboxylic acids is 2. The standard InChI is InChI=1S/C10H7F3O3/c11-10(12,13)9-5-2-1-4(3-5)6(9)7(14)16-8(9)15/h1-2,4-6H,3H2. The summed E-state index contributed by atoms with van der Waals surface area (Å²) in [6, 6.07) is 0. The summed E-state index contributed by atoms with van der Waals surface area (Å²) in [5, 5.41) is 0. The van der Waals surface area contributed by atoms with Crippen LogP contribution in [0.15, 0.2) is 12.2 Å². The fourth-order valence-electron chi connectivity index (χ4n) is 3.26. The molecule has 1 saturated carbocycles. The molecule has 3 rings (SSSR count). The lowest BCUT2D eigenvalue weighted by Crippen LogP contribution is -2.50. The van der Waals surface area contributed by atoms with Crippen molar-refractivity contribution in [2.24, 2.45) is 23.2 Å². The molecule has 2 aliphatic carbocycles. The zero-order chi connectivity index (χ0) is 11.7. The lowest BCUT2D eigenvalue weighted by atomic mass is 9.69. The summed E-state index contributed by atoms with van der Waals surface area (Å²) in [7, 11) is 0. The van der Waals surface area contributed by atoms with Gasteiger partial charge in [-0.15, -0.1) is 0 Å². The summed E-state index contributed by atoms with van der Waals surface area (Å²) in [4.78, 5) is 22.8. The van der Waals surface area contributed by atoms with Crippen molar-refractivity contribution in [3.8, 4) is 0 Å². The van der Waals surface area contributed by atoms with E-state index in [2.05, 4.69) is 4.74 Å². The Balaban J connectivity index is 2.22. The molecule has 16 heavy (non-hydrogen) atoms. The van der Waals surface area contributed by atoms with Crippen LogP contribution >= 0.6 is 0 Å². The van der Waals surface area contributed by atoms with Gasteiger partial charge in [-0.2, -0.15) is 13.2 Å². The highest BCUT2D eigenvalue weighted by molar-refractivity contribution is 6.01. The van der Waals surface area contributed by atoms with Crippen molar-refractivity contribution >= 4 is 11.9 Å². The van der Waals surface area contributed by atoms with Crippen molar-refractivity contribution in [3.63, 3.8) is 0 Å². The van der Waals surface area contributed by atoms with Crippen LogP contribution in [0.2, 0.25) is 0 Å². The van der Waals surface area contributed by atoms with Gasteiger partial charge in [-0.1, -0.05) is 12.2 Å². The molecule has 1 aliphatic heterocycles. The molecule has 4 atom stereocenters. The molecule has 0 aromatic carbocycles. The number of esters is 2. The summed E-state index contributed by atoms with van der Waals surface area (Å²) in [5.74, 6) is -5.27. The highest BCUT2D eigenvalue weighted by atomic mass is 19.4. The third-order valence-electron chi connectivity index (χ3n) is 3.87. The van der Waals surface area contributed by atoms with E-state index in [0.717, 1.165) is 0 Å². The lowest BCUT2D eigenvalue weighted by Gasteiger charge is -2.32. The fraction of sp³-hybridized carbons (Fsp3) is 0.600. The van der Waals surface area contributed by atoms with E-state index in [-0.39, 0.29) is 6.42 Å². The first-order valence-corrected chi connectivity index (χ1v) is 4.90. The van der Waals surface area contributed by atoms with E-state index >= 15 is 0 Å². The average Bonchev–Trinajstić information content (AvgIpc) is 2.76. The molecule has 0 spiro atoms. The molecule has 0 aromatic heterocycles. The molecule has 0 N–H and O–H groups in total. The van der Waals surface area contributed by atoms with Gasteiger partial charge in [0.1, 0.15) is 0 Å². The number of alkyl halides is 3. The summed E-state index contributed by atoms with van der Waals surface area (Å²) in [6.45, 7) is 0. The number of fused-ring (bicyclic) bond motifs is 5. The van der Waals surface area contributed by atoms with Crippen LogP contribution in [0.4, 0.5) is 13.2 Å². The summed E-state index contributed by atoms with van der Waals surface area (Å²) < 4.78 is 43.5. The Bertz CT molecular complexity index is 426. The van der Waals surface area contributed by atoms with Gasteiger partial charge in [-0.3, -0.25) is 9.59 Å². The molecule has 0 amide bonds. The van der Waals surface area contributed by atoms with Gasteiger partial charge in [0.25, 0.3) is 0 Å². The van der Waals surface area contributed by atoms with E-state index in [4.69, 9.17) is 0 Å². The highest BCUT2D eigenvalue weighted by Gasteiger charge is 2.80. The molecule has 2 fully saturated rings. The van der Waals surface area contributed by atoms with Crippen LogP contribution in [0.1, 0.15) is 6.42 Å². The van der Waals surface area contributed by atoms with E-state index in [1.807, 2.05) is 0 Å². The van der Waals surface area contributed by atoms with Crippen molar-refractivity contribution < 1.29 is 27.5 Å². The fourth-order valence-corrected chi connectivity index (χ4v) is 3.26. The van der Waals surface area contributed by atoms with E-state index in [0.29, 0.717) is 0 Å². The van der Waals surface area contributed by atoms with Gasteiger partial charge in [-0.25, -0.2) is 0 Å². The second-order valence-corrected chi connectivity index (χ2v) is 4.44. The molecule has 0 radical (unpaired) electrons. The molecular formula is C10H7F3O3. The van der Waals surface area contributed by atoms with Gasteiger partial charge in [0, 0.05) is 5.92 Å². The number of cyclic esters (lactones) is 2. The van der Waals surface area contributed by atoms with Crippen LogP contribution in [0, 0.1) is 23.2 Å². The Morgan fingerprint density at radius 1 is 1.31 bits per heavy atom. The Morgan fingerprint density at radius 3 is 2.56 bits per heavy atom. The van der Waals surface area contributed by atoms with Crippen molar-refractivity contribution in [1.82, 2.24) is 0 Å². The van der Waals surface area contributed by atoms with Gasteiger partial charge in [-0.05, 0) is 12.3 Å². The average molecular weight is 232 g/mol. The number of hydrogen-bond acceptors (Lipinski definition) is 3. The molecule has 4 unspecified atom stereocenters. The first kappa shape index (κ1) is 9.86. The molecule has 3 nitrogen and oxygen atoms in total. The topological polar surface area (TPSA) is 43.4 Å². The van der Waals surface area contributed by atoms with Gasteiger partial charge in [0.15, 0.2) is 5.41 Å². The Labute approximate surface area is 88.2 Å². The first-order valence-electron chi connectivity index (χ1n) is 4.90. The monoisotopic (exact) mass is 232 g/mol. The van der Waals surface area contributed by atoms with Gasteiger partial charge in [0.05, 0.1) is 5.92 Å². The number of rotatable bonds is 0. The second-order valence-electron chi connectivity index (χ2n) is 4.44. The minimum atomic E-state index is -4.73. The number of ether oxygens (including phenoxy) is 1. The van der Waals surface area contributed by atoms with Crippen LogP contribution in [0.5, 0.6) is 0 Å². The van der Waals surface area contributed by atoms with E-state index in [9.17, 15) is 22.8 Å². The van der Waals surface area contributed by atoms with Crippen molar-refractivity contribution in [2.75, 3.05) is 0 Å². The number of carbonyl (C=O) groups is 2. The van der Waals surface area contributed by atoms with Crippen LogP contribution in [-0.4, -0.2) is 18.1 Å². The SMILES string of the molecule is O=C1OC(=O)C2(C(F)(F)F)C3C=CC(C3)C12. The smallest absolute Gasteiger partial charge is 0.392 e. The van der Waals surface area contributed by atoms with E-state index < -0.39 is 41.3 Å². The quantitative estimate of drug-likeness (QED) is 0.360. The van der Waals surface area contributed by atoms with Gasteiger partial charge >= 0.3 is 18.1 Å². The Morgan fingerprint density at radius 2 is 2.00 bits per heavy atom. The second kappa shape index (κ2) is 2.49.